The number of carbonyl (C=O) groups excluding carboxylic acids is 1. The molecule has 1 amide bonds. The molecule has 0 unspecified atom stereocenters. The summed E-state index contributed by atoms with van der Waals surface area (Å²) in [5.41, 5.74) is 0.977. The Hall–Kier alpha value is -0.650. The van der Waals surface area contributed by atoms with E-state index >= 15 is 0 Å². The van der Waals surface area contributed by atoms with Crippen molar-refractivity contribution in [3.63, 3.8) is 0 Å². The van der Waals surface area contributed by atoms with E-state index in [1.165, 1.54) is 5.01 Å². The van der Waals surface area contributed by atoms with Gasteiger partial charge in [-0.2, -0.15) is 0 Å². The fourth-order valence-electron chi connectivity index (χ4n) is 2.56. The highest BCUT2D eigenvalue weighted by atomic mass is 35.5. The molecule has 4 nitrogen and oxygen atoms in total. The van der Waals surface area contributed by atoms with Crippen molar-refractivity contribution < 1.29 is 4.79 Å². The molecule has 1 aliphatic rings. The quantitative estimate of drug-likeness (QED) is 0.543. The van der Waals surface area contributed by atoms with Gasteiger partial charge in [0.05, 0.1) is 23.1 Å². The Morgan fingerprint density at radius 1 is 1.43 bits per heavy atom. The van der Waals surface area contributed by atoms with E-state index < -0.39 is 0 Å². The second-order valence-electron chi connectivity index (χ2n) is 5.65. The van der Waals surface area contributed by atoms with E-state index in [4.69, 9.17) is 11.6 Å². The molecule has 1 aromatic rings. The van der Waals surface area contributed by atoms with Crippen LogP contribution < -0.4 is 0 Å². The molecular formula is C15H24ClN3OS. The lowest BCUT2D eigenvalue weighted by molar-refractivity contribution is -0.131. The number of likely N-dealkylation sites (N-methyl/N-ethyl adjacent to an activating group) is 1. The minimum absolute atomic E-state index is 0.279. The van der Waals surface area contributed by atoms with Crippen molar-refractivity contribution in [1.82, 2.24) is 14.8 Å². The molecule has 2 heterocycles. The van der Waals surface area contributed by atoms with Gasteiger partial charge in [-0.25, -0.2) is 4.98 Å². The number of alkyl halides is 1. The molecule has 1 saturated heterocycles. The van der Waals surface area contributed by atoms with Crippen molar-refractivity contribution in [3.05, 3.63) is 16.1 Å². The number of hydrogen-bond donors (Lipinski definition) is 0. The average molecular weight is 330 g/mol. The highest BCUT2D eigenvalue weighted by Crippen LogP contribution is 2.14. The first-order valence-electron chi connectivity index (χ1n) is 7.64. The Labute approximate surface area is 136 Å². The Morgan fingerprint density at radius 2 is 2.19 bits per heavy atom. The summed E-state index contributed by atoms with van der Waals surface area (Å²) in [6, 6.07) is 0. The third-order valence-electron chi connectivity index (χ3n) is 3.78. The number of unbranched alkanes of at least 4 members (excludes halogenated alkanes) is 1. The second-order valence-corrected chi connectivity index (χ2v) is 6.86. The normalized spacial score (nSPS) is 15.1. The first kappa shape index (κ1) is 16.7. The van der Waals surface area contributed by atoms with Gasteiger partial charge in [0.2, 0.25) is 5.91 Å². The molecule has 0 atom stereocenters. The number of aryl methyl sites for hydroxylation is 1. The van der Waals surface area contributed by atoms with Crippen molar-refractivity contribution >= 4 is 28.8 Å². The number of rotatable bonds is 8. The fraction of sp³-hybridized carbons (Fsp3) is 0.733. The van der Waals surface area contributed by atoms with Crippen LogP contribution in [-0.2, 0) is 17.1 Å². The molecule has 0 spiro atoms. The Balaban J connectivity index is 1.58. The van der Waals surface area contributed by atoms with Gasteiger partial charge in [0.25, 0.3) is 0 Å². The Morgan fingerprint density at radius 3 is 2.86 bits per heavy atom. The van der Waals surface area contributed by atoms with Gasteiger partial charge in [0.15, 0.2) is 0 Å². The number of hydrogen-bond acceptors (Lipinski definition) is 4. The maximum absolute atomic E-state index is 12.0. The summed E-state index contributed by atoms with van der Waals surface area (Å²) < 4.78 is 0. The number of halogens is 1. The van der Waals surface area contributed by atoms with Crippen LogP contribution in [0.5, 0.6) is 0 Å². The lowest BCUT2D eigenvalue weighted by atomic mass is 10.2. The molecule has 0 radical (unpaired) electrons. The first-order valence-corrected chi connectivity index (χ1v) is 9.06. The average Bonchev–Trinajstić information content (AvgIpc) is 3.14. The van der Waals surface area contributed by atoms with Crippen LogP contribution in [0.3, 0.4) is 0 Å². The van der Waals surface area contributed by atoms with Gasteiger partial charge in [0, 0.05) is 18.5 Å². The molecule has 0 bridgehead atoms. The van der Waals surface area contributed by atoms with Crippen LogP contribution in [0.25, 0.3) is 0 Å². The van der Waals surface area contributed by atoms with Crippen LogP contribution in [-0.4, -0.2) is 53.9 Å². The standard InChI is InChI=1S/C15H24ClN3OS/c1-18(11-15(20)19-8-4-5-9-19)7-3-2-6-14-17-13(10-16)12-21-14/h12H,2-11H2,1H3. The van der Waals surface area contributed by atoms with Gasteiger partial charge in [-0.3, -0.25) is 9.69 Å². The van der Waals surface area contributed by atoms with Gasteiger partial charge < -0.3 is 4.90 Å². The summed E-state index contributed by atoms with van der Waals surface area (Å²) in [6.45, 7) is 3.40. The molecule has 1 fully saturated rings. The smallest absolute Gasteiger partial charge is 0.236 e. The molecule has 0 aliphatic carbocycles. The Bertz CT molecular complexity index is 446. The molecule has 21 heavy (non-hydrogen) atoms. The van der Waals surface area contributed by atoms with E-state index in [0.717, 1.165) is 57.4 Å². The van der Waals surface area contributed by atoms with Gasteiger partial charge in [-0.05, 0) is 45.7 Å². The summed E-state index contributed by atoms with van der Waals surface area (Å²) >= 11 is 7.44. The van der Waals surface area contributed by atoms with E-state index in [1.807, 2.05) is 17.3 Å². The van der Waals surface area contributed by atoms with E-state index in [2.05, 4.69) is 9.88 Å². The lowest BCUT2D eigenvalue weighted by Crippen LogP contribution is -2.37. The predicted octanol–water partition coefficient (Wildman–Crippen LogP) is 2.76. The molecule has 2 rings (SSSR count). The van der Waals surface area contributed by atoms with Crippen molar-refractivity contribution in [2.45, 2.75) is 38.0 Å². The summed E-state index contributed by atoms with van der Waals surface area (Å²) in [6.07, 6.45) is 5.54. The van der Waals surface area contributed by atoms with Crippen LogP contribution in [0.2, 0.25) is 0 Å². The van der Waals surface area contributed by atoms with Crippen LogP contribution in [0.4, 0.5) is 0 Å². The van der Waals surface area contributed by atoms with Crippen molar-refractivity contribution in [2.24, 2.45) is 0 Å². The summed E-state index contributed by atoms with van der Waals surface area (Å²) in [5, 5.41) is 3.20. The summed E-state index contributed by atoms with van der Waals surface area (Å²) in [5.74, 6) is 0.777. The summed E-state index contributed by atoms with van der Waals surface area (Å²) in [4.78, 5) is 20.6. The predicted molar refractivity (Wildman–Crippen MR) is 87.9 cm³/mol. The molecule has 1 aromatic heterocycles. The third kappa shape index (κ3) is 5.57. The zero-order valence-electron chi connectivity index (χ0n) is 12.7. The van der Waals surface area contributed by atoms with E-state index in [9.17, 15) is 4.79 Å². The number of nitrogens with zero attached hydrogens (tertiary/aromatic N) is 3. The summed E-state index contributed by atoms with van der Waals surface area (Å²) in [7, 11) is 2.03. The minimum Gasteiger partial charge on any atom is -0.342 e. The van der Waals surface area contributed by atoms with E-state index in [0.29, 0.717) is 12.4 Å². The number of carbonyl (C=O) groups is 1. The lowest BCUT2D eigenvalue weighted by Gasteiger charge is -2.21. The molecule has 1 aliphatic heterocycles. The molecule has 118 valence electrons. The highest BCUT2D eigenvalue weighted by molar-refractivity contribution is 7.09. The zero-order chi connectivity index (χ0) is 15.1. The largest absolute Gasteiger partial charge is 0.342 e. The SMILES string of the molecule is CN(CCCCc1nc(CCl)cs1)CC(=O)N1CCCC1. The van der Waals surface area contributed by atoms with Gasteiger partial charge >= 0.3 is 0 Å². The Kier molecular flexibility index (Phi) is 6.93. The minimum atomic E-state index is 0.279. The first-order chi connectivity index (χ1) is 10.2. The van der Waals surface area contributed by atoms with Crippen molar-refractivity contribution in [2.75, 3.05) is 33.2 Å². The van der Waals surface area contributed by atoms with Gasteiger partial charge in [-0.15, -0.1) is 22.9 Å². The number of thiazole rings is 1. The van der Waals surface area contributed by atoms with Crippen LogP contribution >= 0.6 is 22.9 Å². The maximum atomic E-state index is 12.0. The van der Waals surface area contributed by atoms with Crippen LogP contribution in [0, 0.1) is 0 Å². The number of likely N-dealkylation sites (tertiary alicyclic amines) is 1. The molecule has 6 heteroatoms. The van der Waals surface area contributed by atoms with Crippen molar-refractivity contribution in [1.29, 1.82) is 0 Å². The second kappa shape index (κ2) is 8.71. The molecule has 0 aromatic carbocycles. The highest BCUT2D eigenvalue weighted by Gasteiger charge is 2.18. The maximum Gasteiger partial charge on any atom is 0.236 e. The molecular weight excluding hydrogens is 306 g/mol. The van der Waals surface area contributed by atoms with E-state index in [1.54, 1.807) is 11.3 Å². The molecule has 0 saturated carbocycles. The van der Waals surface area contributed by atoms with Crippen LogP contribution in [0.15, 0.2) is 5.38 Å². The zero-order valence-corrected chi connectivity index (χ0v) is 14.3. The fourth-order valence-corrected chi connectivity index (χ4v) is 3.63. The molecule has 0 N–H and O–H groups in total. The topological polar surface area (TPSA) is 36.4 Å². The van der Waals surface area contributed by atoms with Gasteiger partial charge in [0.1, 0.15) is 0 Å². The number of aromatic nitrogens is 1. The third-order valence-corrected chi connectivity index (χ3v) is 5.01. The van der Waals surface area contributed by atoms with E-state index in [-0.39, 0.29) is 5.91 Å². The van der Waals surface area contributed by atoms with Gasteiger partial charge in [-0.1, -0.05) is 0 Å². The monoisotopic (exact) mass is 329 g/mol. The van der Waals surface area contributed by atoms with Crippen LogP contribution in [0.1, 0.15) is 36.4 Å². The van der Waals surface area contributed by atoms with Crippen molar-refractivity contribution in [3.8, 4) is 0 Å². The number of amides is 1.